The molecule has 0 radical (unpaired) electrons. The number of rotatable bonds is 4. The van der Waals surface area contributed by atoms with Crippen LogP contribution in [0.4, 0.5) is 0 Å². The normalized spacial score (nSPS) is 19.6. The summed E-state index contributed by atoms with van der Waals surface area (Å²) in [7, 11) is 1.20. The molecule has 1 heterocycles. The molecular weight excluding hydrogens is 436 g/mol. The topological polar surface area (TPSA) is 69.7 Å². The van der Waals surface area contributed by atoms with Gasteiger partial charge >= 0.3 is 11.9 Å². The lowest BCUT2D eigenvalue weighted by molar-refractivity contribution is -0.158. The second-order valence-electron chi connectivity index (χ2n) is 6.29. The number of esters is 2. The molecule has 3 rings (SSSR count). The largest absolute Gasteiger partial charge is 0.468 e. The fourth-order valence-corrected chi connectivity index (χ4v) is 3.84. The summed E-state index contributed by atoms with van der Waals surface area (Å²) in [6.07, 6.45) is 0. The Balaban J connectivity index is 2.08. The van der Waals surface area contributed by atoms with Crippen molar-refractivity contribution in [3.05, 3.63) is 63.1 Å². The van der Waals surface area contributed by atoms with Crippen LogP contribution in [0.3, 0.4) is 0 Å². The van der Waals surface area contributed by atoms with Crippen LogP contribution in [0.15, 0.2) is 46.9 Å². The van der Waals surface area contributed by atoms with Gasteiger partial charge in [0, 0.05) is 32.5 Å². The second kappa shape index (κ2) is 7.82. The maximum Gasteiger partial charge on any atom is 0.326 e. The Morgan fingerprint density at radius 3 is 2.48 bits per heavy atom. The Kier molecular flexibility index (Phi) is 5.67. The maximum atomic E-state index is 13.1. The van der Waals surface area contributed by atoms with Crippen molar-refractivity contribution in [1.82, 2.24) is 0 Å². The first-order chi connectivity index (χ1) is 12.8. The summed E-state index contributed by atoms with van der Waals surface area (Å²) >= 11 is 9.28. The van der Waals surface area contributed by atoms with Gasteiger partial charge in [0.25, 0.3) is 0 Å². The van der Waals surface area contributed by atoms with Crippen molar-refractivity contribution in [2.45, 2.75) is 12.8 Å². The lowest BCUT2D eigenvalue weighted by atomic mass is 9.73. The summed E-state index contributed by atoms with van der Waals surface area (Å²) in [6.45, 7) is 1.70. The van der Waals surface area contributed by atoms with E-state index in [2.05, 4.69) is 15.9 Å². The molecule has 2 aromatic rings. The Morgan fingerprint density at radius 1 is 1.19 bits per heavy atom. The molecular formula is C20H16BrClO5. The zero-order valence-corrected chi connectivity index (χ0v) is 16.9. The van der Waals surface area contributed by atoms with Gasteiger partial charge in [0.15, 0.2) is 11.7 Å². The molecule has 0 spiro atoms. The van der Waals surface area contributed by atoms with E-state index in [1.54, 1.807) is 49.4 Å². The molecule has 0 aromatic heterocycles. The highest BCUT2D eigenvalue weighted by molar-refractivity contribution is 9.10. The first kappa shape index (κ1) is 19.6. The summed E-state index contributed by atoms with van der Waals surface area (Å²) < 4.78 is 10.9. The van der Waals surface area contributed by atoms with E-state index in [0.29, 0.717) is 21.9 Å². The third-order valence-corrected chi connectivity index (χ3v) is 5.44. The summed E-state index contributed by atoms with van der Waals surface area (Å²) in [4.78, 5) is 37.9. The van der Waals surface area contributed by atoms with Crippen LogP contribution in [0.5, 0.6) is 5.75 Å². The molecule has 1 aliphatic heterocycles. The highest BCUT2D eigenvalue weighted by Crippen LogP contribution is 2.44. The van der Waals surface area contributed by atoms with Gasteiger partial charge in [0.2, 0.25) is 0 Å². The van der Waals surface area contributed by atoms with Crippen LogP contribution >= 0.6 is 27.5 Å². The number of halogens is 2. The zero-order valence-electron chi connectivity index (χ0n) is 14.6. The fraction of sp³-hybridized carbons (Fsp3) is 0.250. The van der Waals surface area contributed by atoms with E-state index in [-0.39, 0.29) is 5.78 Å². The van der Waals surface area contributed by atoms with Gasteiger partial charge in [-0.15, -0.1) is 0 Å². The minimum atomic E-state index is -1.22. The van der Waals surface area contributed by atoms with E-state index in [4.69, 9.17) is 21.1 Å². The molecule has 1 aliphatic rings. The molecule has 0 unspecified atom stereocenters. The van der Waals surface area contributed by atoms with Gasteiger partial charge in [-0.1, -0.05) is 34.5 Å². The number of ether oxygens (including phenoxy) is 2. The van der Waals surface area contributed by atoms with E-state index in [1.807, 2.05) is 0 Å². The monoisotopic (exact) mass is 450 g/mol. The predicted octanol–water partition coefficient (Wildman–Crippen LogP) is 4.41. The quantitative estimate of drug-likeness (QED) is 0.298. The molecule has 0 N–H and O–H groups in total. The van der Waals surface area contributed by atoms with Crippen molar-refractivity contribution >= 4 is 45.3 Å². The molecule has 27 heavy (non-hydrogen) atoms. The smallest absolute Gasteiger partial charge is 0.326 e. The molecule has 0 amide bonds. The van der Waals surface area contributed by atoms with Crippen LogP contribution in [-0.4, -0.2) is 24.8 Å². The van der Waals surface area contributed by atoms with E-state index >= 15 is 0 Å². The first-order valence-corrected chi connectivity index (χ1v) is 9.39. The van der Waals surface area contributed by atoms with Gasteiger partial charge in [0.05, 0.1) is 7.11 Å². The highest BCUT2D eigenvalue weighted by atomic mass is 79.9. The maximum absolute atomic E-state index is 13.1. The van der Waals surface area contributed by atoms with Crippen LogP contribution in [0, 0.1) is 11.8 Å². The van der Waals surface area contributed by atoms with E-state index < -0.39 is 29.7 Å². The van der Waals surface area contributed by atoms with Gasteiger partial charge < -0.3 is 9.47 Å². The fourth-order valence-electron chi connectivity index (χ4n) is 3.34. The highest BCUT2D eigenvalue weighted by Gasteiger charge is 2.47. The number of Topliss-reactive ketones (excluding diaryl/α,β-unsaturated/α-hetero) is 1. The molecule has 0 aliphatic carbocycles. The molecule has 5 nitrogen and oxygen atoms in total. The second-order valence-corrected chi connectivity index (χ2v) is 7.64. The van der Waals surface area contributed by atoms with Gasteiger partial charge in [-0.25, -0.2) is 0 Å². The number of ketones is 1. The third-order valence-electron chi connectivity index (χ3n) is 4.69. The molecule has 0 fully saturated rings. The number of benzene rings is 2. The number of hydrogen-bond acceptors (Lipinski definition) is 5. The van der Waals surface area contributed by atoms with Crippen molar-refractivity contribution in [2.24, 2.45) is 11.8 Å². The summed E-state index contributed by atoms with van der Waals surface area (Å²) in [5, 5.41) is 0.516. The minimum absolute atomic E-state index is 0.203. The summed E-state index contributed by atoms with van der Waals surface area (Å²) in [5.41, 5.74) is 1.06. The number of fused-ring (bicyclic) bond motifs is 1. The number of hydrogen-bond donors (Lipinski definition) is 0. The van der Waals surface area contributed by atoms with Crippen molar-refractivity contribution < 1.29 is 23.9 Å². The van der Waals surface area contributed by atoms with Gasteiger partial charge in [0.1, 0.15) is 5.75 Å². The van der Waals surface area contributed by atoms with Crippen LogP contribution in [-0.2, 0) is 14.3 Å². The Bertz CT molecular complexity index is 909. The molecule has 0 bridgehead atoms. The van der Waals surface area contributed by atoms with Crippen LogP contribution in [0.2, 0.25) is 5.02 Å². The van der Waals surface area contributed by atoms with Crippen molar-refractivity contribution in [3.8, 4) is 5.75 Å². The minimum Gasteiger partial charge on any atom is -0.468 e. The van der Waals surface area contributed by atoms with Crippen molar-refractivity contribution in [1.29, 1.82) is 0 Å². The average molecular weight is 452 g/mol. The summed E-state index contributed by atoms with van der Waals surface area (Å²) in [5.74, 6) is -3.92. The average Bonchev–Trinajstić information content (AvgIpc) is 2.66. The van der Waals surface area contributed by atoms with E-state index in [1.165, 1.54) is 7.11 Å². The van der Waals surface area contributed by atoms with Crippen molar-refractivity contribution in [3.63, 3.8) is 0 Å². The predicted molar refractivity (Wildman–Crippen MR) is 103 cm³/mol. The van der Waals surface area contributed by atoms with E-state index in [9.17, 15) is 14.4 Å². The standard InChI is InChI=1S/C20H16BrClO5/c1-10(18(23)11-3-6-13(22)7-4-11)16-14-9-12(21)5-8-15(14)27-20(25)17(16)19(24)26-2/h3-10,16-17H,1-2H3/t10-,16-,17-/m0/s1. The van der Waals surface area contributed by atoms with E-state index in [0.717, 1.165) is 4.47 Å². The molecule has 0 saturated heterocycles. The molecule has 2 aromatic carbocycles. The molecule has 0 saturated carbocycles. The molecule has 3 atom stereocenters. The van der Waals surface area contributed by atoms with Gasteiger partial charge in [-0.05, 0) is 42.5 Å². The number of methoxy groups -OCH3 is 1. The number of carbonyl (C=O) groups is 3. The number of carbonyl (C=O) groups excluding carboxylic acids is 3. The first-order valence-electron chi connectivity index (χ1n) is 8.22. The van der Waals surface area contributed by atoms with Crippen LogP contribution in [0.1, 0.15) is 28.8 Å². The van der Waals surface area contributed by atoms with Crippen molar-refractivity contribution in [2.75, 3.05) is 7.11 Å². The Labute approximate surface area is 169 Å². The lowest BCUT2D eigenvalue weighted by Gasteiger charge is -2.33. The Hall–Kier alpha value is -2.18. The molecule has 7 heteroatoms. The summed E-state index contributed by atoms with van der Waals surface area (Å²) in [6, 6.07) is 11.6. The van der Waals surface area contributed by atoms with Gasteiger partial charge in [-0.3, -0.25) is 14.4 Å². The SMILES string of the molecule is COC(=O)[C@H]1C(=O)Oc2ccc(Br)cc2[C@@H]1[C@H](C)C(=O)c1ccc(Cl)cc1. The zero-order chi connectivity index (χ0) is 19.7. The van der Waals surface area contributed by atoms with Crippen LogP contribution in [0.25, 0.3) is 0 Å². The Morgan fingerprint density at radius 2 is 1.85 bits per heavy atom. The third kappa shape index (κ3) is 3.77. The lowest BCUT2D eigenvalue weighted by Crippen LogP contribution is -2.42. The van der Waals surface area contributed by atoms with Gasteiger partial charge in [-0.2, -0.15) is 0 Å². The molecule has 140 valence electrons. The van der Waals surface area contributed by atoms with Crippen LogP contribution < -0.4 is 4.74 Å².